The molecule has 2 atom stereocenters. The monoisotopic (exact) mass is 264 g/mol. The lowest BCUT2D eigenvalue weighted by Gasteiger charge is -1.98. The zero-order valence-electron chi connectivity index (χ0n) is 11.7. The zero-order chi connectivity index (χ0) is 13.6. The number of aryl methyl sites for hydroxylation is 1. The second-order valence-electron chi connectivity index (χ2n) is 5.47. The van der Waals surface area contributed by atoms with Gasteiger partial charge in [0.15, 0.2) is 0 Å². The summed E-state index contributed by atoms with van der Waals surface area (Å²) in [4.78, 5) is 7.24. The molecule has 0 amide bonds. The highest BCUT2D eigenvalue weighted by Gasteiger charge is 2.37. The Labute approximate surface area is 120 Å². The van der Waals surface area contributed by atoms with E-state index in [1.807, 2.05) is 6.20 Å². The van der Waals surface area contributed by atoms with Gasteiger partial charge in [-0.2, -0.15) is 0 Å². The van der Waals surface area contributed by atoms with E-state index >= 15 is 0 Å². The number of nitrogens with zero attached hydrogens (tertiary/aromatic N) is 1. The smallest absolute Gasteiger partial charge is 0.0921 e. The topological polar surface area (TPSA) is 28.7 Å². The number of H-pyrrole nitrogens is 1. The minimum absolute atomic E-state index is 0.560. The van der Waals surface area contributed by atoms with Crippen LogP contribution >= 0.6 is 0 Å². The van der Waals surface area contributed by atoms with Crippen LogP contribution in [0.5, 0.6) is 0 Å². The first-order chi connectivity index (χ1) is 9.93. The molecule has 102 valence electrons. The summed E-state index contributed by atoms with van der Waals surface area (Å²) >= 11 is 0. The third-order valence-electron chi connectivity index (χ3n) is 3.86. The van der Waals surface area contributed by atoms with Gasteiger partial charge in [-0.25, -0.2) is 4.98 Å². The second kappa shape index (κ2) is 6.43. The van der Waals surface area contributed by atoms with Crippen LogP contribution in [-0.2, 0) is 6.42 Å². The molecular weight excluding hydrogens is 244 g/mol. The highest BCUT2D eigenvalue weighted by Crippen LogP contribution is 2.45. The van der Waals surface area contributed by atoms with Crippen LogP contribution in [0, 0.1) is 17.8 Å². The second-order valence-corrected chi connectivity index (χ2v) is 5.47. The van der Waals surface area contributed by atoms with E-state index in [1.54, 1.807) is 6.33 Å². The molecule has 0 aliphatic heterocycles. The maximum absolute atomic E-state index is 4.06. The fourth-order valence-electron chi connectivity index (χ4n) is 2.56. The molecule has 1 aliphatic rings. The molecule has 1 aliphatic carbocycles. The van der Waals surface area contributed by atoms with Crippen LogP contribution in [0.15, 0.2) is 42.9 Å². The van der Waals surface area contributed by atoms with Gasteiger partial charge in [-0.05, 0) is 31.2 Å². The van der Waals surface area contributed by atoms with Crippen molar-refractivity contribution in [3.05, 3.63) is 54.1 Å². The van der Waals surface area contributed by atoms with Crippen molar-refractivity contribution in [2.24, 2.45) is 5.92 Å². The molecule has 2 nitrogen and oxygen atoms in total. The van der Waals surface area contributed by atoms with Gasteiger partial charge in [-0.15, -0.1) is 5.92 Å². The summed E-state index contributed by atoms with van der Waals surface area (Å²) < 4.78 is 0. The molecule has 1 N–H and O–H groups in total. The average Bonchev–Trinajstić information content (AvgIpc) is 3.05. The van der Waals surface area contributed by atoms with Crippen LogP contribution in [0.3, 0.4) is 0 Å². The van der Waals surface area contributed by atoms with Gasteiger partial charge in [0.05, 0.1) is 6.33 Å². The van der Waals surface area contributed by atoms with Crippen molar-refractivity contribution in [3.8, 4) is 11.8 Å². The maximum Gasteiger partial charge on any atom is 0.0921 e. The van der Waals surface area contributed by atoms with Gasteiger partial charge in [0.2, 0.25) is 0 Å². The molecule has 3 rings (SSSR count). The van der Waals surface area contributed by atoms with E-state index in [0.717, 1.165) is 6.42 Å². The molecule has 0 radical (unpaired) electrons. The minimum atomic E-state index is 0.560. The summed E-state index contributed by atoms with van der Waals surface area (Å²) in [7, 11) is 0. The van der Waals surface area contributed by atoms with Gasteiger partial charge in [0, 0.05) is 30.1 Å². The number of nitrogens with one attached hydrogen (secondary N) is 1. The Hall–Kier alpha value is -2.01. The normalized spacial score (nSPS) is 20.2. The predicted molar refractivity (Wildman–Crippen MR) is 81.2 cm³/mol. The highest BCUT2D eigenvalue weighted by atomic mass is 14.9. The number of rotatable bonds is 5. The molecule has 1 aromatic carbocycles. The highest BCUT2D eigenvalue weighted by molar-refractivity contribution is 5.24. The number of unbranched alkanes of at least 4 members (excludes halogenated alkanes) is 2. The summed E-state index contributed by atoms with van der Waals surface area (Å²) in [6.45, 7) is 0. The molecule has 0 unspecified atom stereocenters. The van der Waals surface area contributed by atoms with E-state index in [4.69, 9.17) is 0 Å². The fourth-order valence-corrected chi connectivity index (χ4v) is 2.56. The molecule has 0 saturated heterocycles. The summed E-state index contributed by atoms with van der Waals surface area (Å²) in [5.74, 6) is 7.90. The number of hydrogen-bond acceptors (Lipinski definition) is 1. The summed E-state index contributed by atoms with van der Waals surface area (Å²) in [6.07, 6.45) is 9.49. The van der Waals surface area contributed by atoms with Gasteiger partial charge in [0.1, 0.15) is 0 Å². The van der Waals surface area contributed by atoms with Crippen molar-refractivity contribution in [2.75, 3.05) is 0 Å². The Balaban J connectivity index is 1.33. The molecule has 1 fully saturated rings. The lowest BCUT2D eigenvalue weighted by atomic mass is 10.1. The molecule has 20 heavy (non-hydrogen) atoms. The van der Waals surface area contributed by atoms with Crippen LogP contribution in [0.4, 0.5) is 0 Å². The van der Waals surface area contributed by atoms with Crippen LogP contribution in [0.1, 0.15) is 42.9 Å². The van der Waals surface area contributed by atoms with Crippen molar-refractivity contribution >= 4 is 0 Å². The number of hydrogen-bond donors (Lipinski definition) is 1. The fraction of sp³-hybridized carbons (Fsp3) is 0.389. The largest absolute Gasteiger partial charge is 0.348 e. The summed E-state index contributed by atoms with van der Waals surface area (Å²) in [6, 6.07) is 10.7. The van der Waals surface area contributed by atoms with Crippen molar-refractivity contribution in [1.82, 2.24) is 9.97 Å². The van der Waals surface area contributed by atoms with E-state index in [0.29, 0.717) is 11.8 Å². The van der Waals surface area contributed by atoms with Crippen LogP contribution in [-0.4, -0.2) is 9.97 Å². The van der Waals surface area contributed by atoms with Crippen LogP contribution in [0.2, 0.25) is 0 Å². The Bertz CT molecular complexity index is 575. The van der Waals surface area contributed by atoms with Crippen molar-refractivity contribution < 1.29 is 0 Å². The molecule has 1 heterocycles. The maximum atomic E-state index is 4.06. The number of benzene rings is 1. The van der Waals surface area contributed by atoms with E-state index < -0.39 is 0 Å². The van der Waals surface area contributed by atoms with E-state index in [2.05, 4.69) is 52.1 Å². The average molecular weight is 264 g/mol. The Morgan fingerprint density at radius 1 is 1.20 bits per heavy atom. The van der Waals surface area contributed by atoms with E-state index in [-0.39, 0.29) is 0 Å². The van der Waals surface area contributed by atoms with Crippen molar-refractivity contribution in [1.29, 1.82) is 0 Å². The van der Waals surface area contributed by atoms with Crippen molar-refractivity contribution in [3.63, 3.8) is 0 Å². The van der Waals surface area contributed by atoms with Crippen molar-refractivity contribution in [2.45, 2.75) is 38.0 Å². The summed E-state index contributed by atoms with van der Waals surface area (Å²) in [5.41, 5.74) is 2.68. The predicted octanol–water partition coefficient (Wildman–Crippen LogP) is 3.93. The molecule has 2 heteroatoms. The van der Waals surface area contributed by atoms with E-state index in [1.165, 1.54) is 36.9 Å². The standard InChI is InChI=1S/C18H20N2/c1(4-8-15-9-5-3-6-10-15)2-7-11-16-12-17(16)18-13-19-14-20-18/h3,5-6,9-10,13-14,16-17H,1-2,4,8,12H2,(H,19,20)/t16-,17-/m0/s1. The Morgan fingerprint density at radius 2 is 2.10 bits per heavy atom. The quantitative estimate of drug-likeness (QED) is 0.643. The molecule has 2 aromatic rings. The lowest BCUT2D eigenvalue weighted by molar-refractivity contribution is 0.756. The van der Waals surface area contributed by atoms with E-state index in [9.17, 15) is 0 Å². The molecular formula is C18H20N2. The first-order valence-electron chi connectivity index (χ1n) is 7.44. The SMILES string of the molecule is C(#C[C@H]1C[C@@H]1c1cnc[nH]1)CCCCc1ccccc1. The number of aromatic nitrogens is 2. The van der Waals surface area contributed by atoms with Gasteiger partial charge in [-0.1, -0.05) is 36.3 Å². The molecule has 0 bridgehead atoms. The lowest BCUT2D eigenvalue weighted by Crippen LogP contribution is -1.84. The molecule has 0 spiro atoms. The Kier molecular flexibility index (Phi) is 4.18. The first kappa shape index (κ1) is 13.0. The van der Waals surface area contributed by atoms with Crippen LogP contribution in [0.25, 0.3) is 0 Å². The summed E-state index contributed by atoms with van der Waals surface area (Å²) in [5, 5.41) is 0. The van der Waals surface area contributed by atoms with Gasteiger partial charge in [-0.3, -0.25) is 0 Å². The third-order valence-corrected chi connectivity index (χ3v) is 3.86. The third kappa shape index (κ3) is 3.51. The van der Waals surface area contributed by atoms with Gasteiger partial charge < -0.3 is 4.98 Å². The minimum Gasteiger partial charge on any atom is -0.348 e. The zero-order valence-corrected chi connectivity index (χ0v) is 11.7. The first-order valence-corrected chi connectivity index (χ1v) is 7.44. The van der Waals surface area contributed by atoms with Crippen LogP contribution < -0.4 is 0 Å². The molecule has 1 saturated carbocycles. The van der Waals surface area contributed by atoms with Gasteiger partial charge in [0.25, 0.3) is 0 Å². The van der Waals surface area contributed by atoms with Gasteiger partial charge >= 0.3 is 0 Å². The molecule has 1 aromatic heterocycles. The number of imidazole rings is 1. The Morgan fingerprint density at radius 3 is 2.90 bits per heavy atom. The number of aromatic amines is 1.